The highest BCUT2D eigenvalue weighted by molar-refractivity contribution is 7.09. The minimum atomic E-state index is -0.103. The maximum absolute atomic E-state index is 13.2. The lowest BCUT2D eigenvalue weighted by atomic mass is 9.95. The number of rotatable bonds is 6. The number of nitrogens with zero attached hydrogens (tertiary/aromatic N) is 2. The number of carbonyl (C=O) groups excluding carboxylic acids is 2. The lowest BCUT2D eigenvalue weighted by Gasteiger charge is -2.34. The van der Waals surface area contributed by atoms with Crippen LogP contribution in [-0.2, 0) is 22.7 Å². The lowest BCUT2D eigenvalue weighted by molar-refractivity contribution is -0.144. The first-order valence-corrected chi connectivity index (χ1v) is 9.71. The molecule has 25 heavy (non-hydrogen) atoms. The first-order chi connectivity index (χ1) is 12.2. The maximum atomic E-state index is 13.2. The van der Waals surface area contributed by atoms with Crippen molar-refractivity contribution in [3.8, 4) is 0 Å². The summed E-state index contributed by atoms with van der Waals surface area (Å²) in [4.78, 5) is 30.3. The van der Waals surface area contributed by atoms with Crippen molar-refractivity contribution in [2.24, 2.45) is 5.92 Å². The third kappa shape index (κ3) is 3.79. The van der Waals surface area contributed by atoms with E-state index < -0.39 is 0 Å². The van der Waals surface area contributed by atoms with Crippen LogP contribution in [0.1, 0.15) is 36.3 Å². The molecule has 4 rings (SSSR count). The van der Waals surface area contributed by atoms with Crippen LogP contribution in [0, 0.1) is 5.92 Å². The predicted octanol–water partition coefficient (Wildman–Crippen LogP) is 3.27. The van der Waals surface area contributed by atoms with Crippen LogP contribution in [0.4, 0.5) is 0 Å². The first kappa shape index (κ1) is 16.4. The molecule has 2 aromatic rings. The molecule has 0 aromatic carbocycles. The lowest BCUT2D eigenvalue weighted by Crippen LogP contribution is -2.47. The minimum absolute atomic E-state index is 0.103. The monoisotopic (exact) mass is 358 g/mol. The van der Waals surface area contributed by atoms with Crippen LogP contribution in [0.2, 0.25) is 0 Å². The number of carbonyl (C=O) groups is 2. The van der Waals surface area contributed by atoms with Crippen molar-refractivity contribution >= 4 is 23.2 Å². The Morgan fingerprint density at radius 1 is 1.24 bits per heavy atom. The Morgan fingerprint density at radius 3 is 2.80 bits per heavy atom. The van der Waals surface area contributed by atoms with E-state index >= 15 is 0 Å². The van der Waals surface area contributed by atoms with Gasteiger partial charge in [0.2, 0.25) is 11.8 Å². The summed E-state index contributed by atoms with van der Waals surface area (Å²) in [5.74, 6) is 1.02. The van der Waals surface area contributed by atoms with E-state index in [1.54, 1.807) is 17.6 Å². The summed E-state index contributed by atoms with van der Waals surface area (Å²) in [6, 6.07) is 8.17. The van der Waals surface area contributed by atoms with Gasteiger partial charge in [-0.3, -0.25) is 9.59 Å². The van der Waals surface area contributed by atoms with Gasteiger partial charge in [-0.15, -0.1) is 11.3 Å². The average molecular weight is 358 g/mol. The smallest absolute Gasteiger partial charge is 0.228 e. The fourth-order valence-corrected chi connectivity index (χ4v) is 4.18. The van der Waals surface area contributed by atoms with Crippen molar-refractivity contribution in [2.75, 3.05) is 6.54 Å². The van der Waals surface area contributed by atoms with E-state index in [0.717, 1.165) is 23.5 Å². The van der Waals surface area contributed by atoms with E-state index in [1.807, 2.05) is 39.4 Å². The van der Waals surface area contributed by atoms with Gasteiger partial charge in [-0.05, 0) is 42.8 Å². The summed E-state index contributed by atoms with van der Waals surface area (Å²) in [5.41, 5.74) is 0. The highest BCUT2D eigenvalue weighted by atomic mass is 32.1. The Morgan fingerprint density at radius 2 is 2.12 bits per heavy atom. The molecule has 0 unspecified atom stereocenters. The van der Waals surface area contributed by atoms with Crippen LogP contribution in [0.25, 0.3) is 0 Å². The molecule has 0 bridgehead atoms. The Labute approximate surface area is 151 Å². The number of amides is 2. The van der Waals surface area contributed by atoms with Gasteiger partial charge in [-0.1, -0.05) is 6.07 Å². The molecule has 1 aliphatic heterocycles. The van der Waals surface area contributed by atoms with Gasteiger partial charge >= 0.3 is 0 Å². The van der Waals surface area contributed by atoms with Gasteiger partial charge in [-0.25, -0.2) is 0 Å². The Bertz CT molecular complexity index is 686. The zero-order chi connectivity index (χ0) is 17.2. The van der Waals surface area contributed by atoms with Crippen LogP contribution in [0.3, 0.4) is 0 Å². The average Bonchev–Trinajstić information content (AvgIpc) is 3.08. The molecule has 6 heteroatoms. The maximum Gasteiger partial charge on any atom is 0.228 e. The topological polar surface area (TPSA) is 53.8 Å². The predicted molar refractivity (Wildman–Crippen MR) is 94.7 cm³/mol. The van der Waals surface area contributed by atoms with Crippen molar-refractivity contribution in [1.29, 1.82) is 0 Å². The largest absolute Gasteiger partial charge is 0.467 e. The van der Waals surface area contributed by atoms with Gasteiger partial charge in [-0.2, -0.15) is 0 Å². The highest BCUT2D eigenvalue weighted by Crippen LogP contribution is 2.32. The van der Waals surface area contributed by atoms with E-state index in [9.17, 15) is 9.59 Å². The summed E-state index contributed by atoms with van der Waals surface area (Å²) in [5, 5.41) is 2.03. The molecular formula is C19H22N2O3S. The van der Waals surface area contributed by atoms with Crippen molar-refractivity contribution in [3.05, 3.63) is 46.5 Å². The fraction of sp³-hybridized carbons (Fsp3) is 0.474. The van der Waals surface area contributed by atoms with Crippen molar-refractivity contribution in [1.82, 2.24) is 9.80 Å². The molecule has 132 valence electrons. The van der Waals surface area contributed by atoms with Crippen molar-refractivity contribution in [2.45, 2.75) is 44.8 Å². The van der Waals surface area contributed by atoms with Gasteiger partial charge < -0.3 is 14.2 Å². The fourth-order valence-electron chi connectivity index (χ4n) is 3.46. The molecule has 2 amide bonds. The molecule has 2 fully saturated rings. The van der Waals surface area contributed by atoms with Crippen LogP contribution < -0.4 is 0 Å². The number of thiophene rings is 1. The normalized spacial score (nSPS) is 20.7. The van der Waals surface area contributed by atoms with Crippen LogP contribution in [-0.4, -0.2) is 34.2 Å². The minimum Gasteiger partial charge on any atom is -0.467 e. The van der Waals surface area contributed by atoms with Crippen LogP contribution >= 0.6 is 11.3 Å². The van der Waals surface area contributed by atoms with E-state index in [2.05, 4.69) is 0 Å². The second-order valence-electron chi connectivity index (χ2n) is 6.87. The van der Waals surface area contributed by atoms with E-state index in [4.69, 9.17) is 4.42 Å². The van der Waals surface area contributed by atoms with E-state index in [-0.39, 0.29) is 17.7 Å². The Kier molecular flexibility index (Phi) is 4.61. The van der Waals surface area contributed by atoms with Gasteiger partial charge in [0.05, 0.1) is 25.3 Å². The quantitative estimate of drug-likeness (QED) is 0.796. The number of likely N-dealkylation sites (tertiary alicyclic amines) is 1. The third-order valence-electron chi connectivity index (χ3n) is 4.95. The summed E-state index contributed by atoms with van der Waals surface area (Å²) in [7, 11) is 0. The van der Waals surface area contributed by atoms with Gasteiger partial charge in [0, 0.05) is 23.9 Å². The number of hydrogen-bond acceptors (Lipinski definition) is 4. The second kappa shape index (κ2) is 7.04. The molecule has 1 aliphatic carbocycles. The molecule has 2 aromatic heterocycles. The zero-order valence-electron chi connectivity index (χ0n) is 14.1. The summed E-state index contributed by atoms with van der Waals surface area (Å²) in [6.45, 7) is 1.63. The SMILES string of the molecule is O=C([C@H]1CCC(=O)N(C2CC2)C1)N(Cc1ccco1)Cc1cccs1. The number of hydrogen-bond donors (Lipinski definition) is 0. The van der Waals surface area contributed by atoms with Crippen LogP contribution in [0.15, 0.2) is 40.3 Å². The number of piperidine rings is 1. The zero-order valence-corrected chi connectivity index (χ0v) is 14.9. The van der Waals surface area contributed by atoms with Gasteiger partial charge in [0.25, 0.3) is 0 Å². The van der Waals surface area contributed by atoms with Crippen molar-refractivity contribution in [3.63, 3.8) is 0 Å². The van der Waals surface area contributed by atoms with Gasteiger partial charge in [0.1, 0.15) is 5.76 Å². The van der Waals surface area contributed by atoms with Gasteiger partial charge in [0.15, 0.2) is 0 Å². The second-order valence-corrected chi connectivity index (χ2v) is 7.90. The molecule has 5 nitrogen and oxygen atoms in total. The van der Waals surface area contributed by atoms with Crippen LogP contribution in [0.5, 0.6) is 0 Å². The molecule has 3 heterocycles. The molecular weight excluding hydrogens is 336 g/mol. The third-order valence-corrected chi connectivity index (χ3v) is 5.81. The molecule has 0 radical (unpaired) electrons. The van der Waals surface area contributed by atoms with E-state index in [0.29, 0.717) is 38.5 Å². The standard InChI is InChI=1S/C19H22N2O3S/c22-18-8-5-14(11-21(18)15-6-7-15)19(23)20(12-16-3-1-9-24-16)13-17-4-2-10-25-17/h1-4,9-10,14-15H,5-8,11-13H2/t14-/m0/s1. The Balaban J connectivity index is 1.49. The molecule has 2 aliphatic rings. The Hall–Kier alpha value is -2.08. The molecule has 0 spiro atoms. The van der Waals surface area contributed by atoms with Crippen molar-refractivity contribution < 1.29 is 14.0 Å². The summed E-state index contributed by atoms with van der Waals surface area (Å²) >= 11 is 1.65. The first-order valence-electron chi connectivity index (χ1n) is 8.84. The summed E-state index contributed by atoms with van der Waals surface area (Å²) < 4.78 is 5.45. The molecule has 1 saturated heterocycles. The van der Waals surface area contributed by atoms with E-state index in [1.165, 1.54) is 0 Å². The summed E-state index contributed by atoms with van der Waals surface area (Å²) in [6.07, 6.45) is 4.94. The molecule has 0 N–H and O–H groups in total. The number of furan rings is 1. The molecule has 1 saturated carbocycles. The highest BCUT2D eigenvalue weighted by Gasteiger charge is 2.39. The molecule has 1 atom stereocenters.